The van der Waals surface area contributed by atoms with Crippen LogP contribution >= 0.6 is 11.3 Å². The number of hydrogen-bond acceptors (Lipinski definition) is 4. The lowest BCUT2D eigenvalue weighted by atomic mass is 9.99. The zero-order valence-electron chi connectivity index (χ0n) is 9.32. The van der Waals surface area contributed by atoms with Crippen molar-refractivity contribution in [2.24, 2.45) is 5.73 Å². The van der Waals surface area contributed by atoms with Crippen molar-refractivity contribution in [1.29, 1.82) is 0 Å². The van der Waals surface area contributed by atoms with Crippen molar-refractivity contribution in [2.75, 3.05) is 7.11 Å². The summed E-state index contributed by atoms with van der Waals surface area (Å²) in [6, 6.07) is 0.220. The van der Waals surface area contributed by atoms with Gasteiger partial charge in [0.05, 0.1) is 16.8 Å². The van der Waals surface area contributed by atoms with E-state index in [-0.39, 0.29) is 12.1 Å². The van der Waals surface area contributed by atoms with Crippen molar-refractivity contribution in [3.05, 3.63) is 15.6 Å². The van der Waals surface area contributed by atoms with E-state index < -0.39 is 0 Å². The predicted molar refractivity (Wildman–Crippen MR) is 62.2 cm³/mol. The second kappa shape index (κ2) is 4.60. The van der Waals surface area contributed by atoms with Crippen molar-refractivity contribution >= 4 is 11.3 Å². The number of methoxy groups -OCH3 is 1. The summed E-state index contributed by atoms with van der Waals surface area (Å²) in [5.74, 6) is 0. The van der Waals surface area contributed by atoms with Gasteiger partial charge in [0, 0.05) is 24.4 Å². The molecule has 0 aromatic carbocycles. The first-order chi connectivity index (χ1) is 7.20. The van der Waals surface area contributed by atoms with Crippen LogP contribution in [0.2, 0.25) is 0 Å². The summed E-state index contributed by atoms with van der Waals surface area (Å²) in [6.07, 6.45) is 4.53. The molecule has 0 spiro atoms. The quantitative estimate of drug-likeness (QED) is 0.858. The Morgan fingerprint density at radius 3 is 3.13 bits per heavy atom. The Kier molecular flexibility index (Phi) is 3.38. The SMILES string of the molecule is COC(C)Cc1nc2c(s1)C(N)CCC2. The molecule has 0 radical (unpaired) electrons. The third-order valence-electron chi connectivity index (χ3n) is 2.90. The highest BCUT2D eigenvalue weighted by molar-refractivity contribution is 7.11. The molecule has 2 atom stereocenters. The minimum absolute atomic E-state index is 0.220. The van der Waals surface area contributed by atoms with Crippen LogP contribution in [-0.4, -0.2) is 18.2 Å². The molecule has 0 fully saturated rings. The number of ether oxygens (including phenoxy) is 1. The lowest BCUT2D eigenvalue weighted by Crippen LogP contribution is -2.15. The maximum atomic E-state index is 6.06. The van der Waals surface area contributed by atoms with Gasteiger partial charge in [-0.2, -0.15) is 0 Å². The van der Waals surface area contributed by atoms with E-state index in [1.54, 1.807) is 18.4 Å². The van der Waals surface area contributed by atoms with E-state index in [0.717, 1.165) is 19.3 Å². The smallest absolute Gasteiger partial charge is 0.0957 e. The first-order valence-electron chi connectivity index (χ1n) is 5.47. The minimum atomic E-state index is 0.220. The van der Waals surface area contributed by atoms with E-state index in [1.165, 1.54) is 22.0 Å². The van der Waals surface area contributed by atoms with E-state index in [4.69, 9.17) is 10.5 Å². The lowest BCUT2D eigenvalue weighted by molar-refractivity contribution is 0.118. The Hall–Kier alpha value is -0.450. The van der Waals surface area contributed by atoms with Crippen LogP contribution in [0.1, 0.15) is 41.4 Å². The lowest BCUT2D eigenvalue weighted by Gasteiger charge is -2.15. The Morgan fingerprint density at radius 1 is 1.67 bits per heavy atom. The molecule has 1 aromatic rings. The summed E-state index contributed by atoms with van der Waals surface area (Å²) < 4.78 is 5.25. The average molecular weight is 226 g/mol. The number of aromatic nitrogens is 1. The summed E-state index contributed by atoms with van der Waals surface area (Å²) in [6.45, 7) is 2.07. The summed E-state index contributed by atoms with van der Waals surface area (Å²) in [7, 11) is 1.74. The van der Waals surface area contributed by atoms with Crippen molar-refractivity contribution in [2.45, 2.75) is 44.8 Å². The highest BCUT2D eigenvalue weighted by Gasteiger charge is 2.21. The van der Waals surface area contributed by atoms with Crippen LogP contribution in [0.15, 0.2) is 0 Å². The van der Waals surface area contributed by atoms with Gasteiger partial charge >= 0.3 is 0 Å². The summed E-state index contributed by atoms with van der Waals surface area (Å²) >= 11 is 1.77. The van der Waals surface area contributed by atoms with Gasteiger partial charge in [-0.1, -0.05) is 0 Å². The van der Waals surface area contributed by atoms with Gasteiger partial charge in [0.2, 0.25) is 0 Å². The number of fused-ring (bicyclic) bond motifs is 1. The highest BCUT2D eigenvalue weighted by atomic mass is 32.1. The van der Waals surface area contributed by atoms with Gasteiger partial charge in [-0.05, 0) is 26.2 Å². The number of nitrogens with two attached hydrogens (primary N) is 1. The van der Waals surface area contributed by atoms with Gasteiger partial charge in [0.25, 0.3) is 0 Å². The van der Waals surface area contributed by atoms with E-state index in [2.05, 4.69) is 11.9 Å². The van der Waals surface area contributed by atoms with Gasteiger partial charge in [0.15, 0.2) is 0 Å². The second-order valence-electron chi connectivity index (χ2n) is 4.17. The Balaban J connectivity index is 2.14. The van der Waals surface area contributed by atoms with Crippen LogP contribution in [0, 0.1) is 0 Å². The van der Waals surface area contributed by atoms with Crippen LogP contribution in [-0.2, 0) is 17.6 Å². The maximum Gasteiger partial charge on any atom is 0.0957 e. The molecule has 2 N–H and O–H groups in total. The zero-order chi connectivity index (χ0) is 10.8. The van der Waals surface area contributed by atoms with E-state index in [1.807, 2.05) is 0 Å². The van der Waals surface area contributed by atoms with Crippen molar-refractivity contribution in [3.63, 3.8) is 0 Å². The van der Waals surface area contributed by atoms with Crippen LogP contribution in [0.4, 0.5) is 0 Å². The topological polar surface area (TPSA) is 48.1 Å². The molecule has 2 unspecified atom stereocenters. The molecule has 0 amide bonds. The van der Waals surface area contributed by atoms with Crippen LogP contribution in [0.25, 0.3) is 0 Å². The normalized spacial score (nSPS) is 22.5. The monoisotopic (exact) mass is 226 g/mol. The Bertz CT molecular complexity index is 337. The van der Waals surface area contributed by atoms with Crippen molar-refractivity contribution < 1.29 is 4.74 Å². The summed E-state index contributed by atoms with van der Waals surface area (Å²) in [4.78, 5) is 5.95. The van der Waals surface area contributed by atoms with Crippen LogP contribution < -0.4 is 5.73 Å². The fraction of sp³-hybridized carbons (Fsp3) is 0.727. The first-order valence-corrected chi connectivity index (χ1v) is 6.29. The van der Waals surface area contributed by atoms with Gasteiger partial charge in [0.1, 0.15) is 0 Å². The third-order valence-corrected chi connectivity index (χ3v) is 4.15. The molecule has 15 heavy (non-hydrogen) atoms. The molecule has 1 aliphatic carbocycles. The van der Waals surface area contributed by atoms with E-state index >= 15 is 0 Å². The van der Waals surface area contributed by atoms with Crippen LogP contribution in [0.3, 0.4) is 0 Å². The standard InChI is InChI=1S/C11H18N2OS/c1-7(14-2)6-10-13-9-5-3-4-8(12)11(9)15-10/h7-8H,3-6,12H2,1-2H3. The fourth-order valence-corrected chi connectivity index (χ4v) is 3.18. The number of aryl methyl sites for hydroxylation is 1. The number of rotatable bonds is 3. The molecule has 0 saturated carbocycles. The van der Waals surface area contributed by atoms with Crippen molar-refractivity contribution in [3.8, 4) is 0 Å². The highest BCUT2D eigenvalue weighted by Crippen LogP contribution is 2.32. The molecule has 1 aliphatic rings. The third kappa shape index (κ3) is 2.38. The fourth-order valence-electron chi connectivity index (χ4n) is 1.92. The molecular formula is C11H18N2OS. The molecule has 1 aromatic heterocycles. The molecule has 4 heteroatoms. The van der Waals surface area contributed by atoms with E-state index in [0.29, 0.717) is 0 Å². The van der Waals surface area contributed by atoms with Gasteiger partial charge in [-0.3, -0.25) is 0 Å². The first kappa shape index (κ1) is 11.0. The molecule has 0 saturated heterocycles. The molecule has 0 bridgehead atoms. The van der Waals surface area contributed by atoms with Gasteiger partial charge in [-0.15, -0.1) is 11.3 Å². The summed E-state index contributed by atoms with van der Waals surface area (Å²) in [5, 5.41) is 1.17. The number of hydrogen-bond donors (Lipinski definition) is 1. The molecule has 3 nitrogen and oxygen atoms in total. The number of thiazole rings is 1. The van der Waals surface area contributed by atoms with Gasteiger partial charge < -0.3 is 10.5 Å². The molecular weight excluding hydrogens is 208 g/mol. The predicted octanol–water partition coefficient (Wildman–Crippen LogP) is 2.06. The van der Waals surface area contributed by atoms with Crippen LogP contribution in [0.5, 0.6) is 0 Å². The van der Waals surface area contributed by atoms with Gasteiger partial charge in [-0.25, -0.2) is 4.98 Å². The zero-order valence-corrected chi connectivity index (χ0v) is 10.1. The maximum absolute atomic E-state index is 6.06. The molecule has 1 heterocycles. The molecule has 84 valence electrons. The van der Waals surface area contributed by atoms with E-state index in [9.17, 15) is 0 Å². The second-order valence-corrected chi connectivity index (χ2v) is 5.28. The molecule has 2 rings (SSSR count). The molecule has 0 aliphatic heterocycles. The average Bonchev–Trinajstić information content (AvgIpc) is 2.62. The Labute approximate surface area is 94.7 Å². The minimum Gasteiger partial charge on any atom is -0.381 e. The number of nitrogens with zero attached hydrogens (tertiary/aromatic N) is 1. The Morgan fingerprint density at radius 2 is 2.47 bits per heavy atom. The van der Waals surface area contributed by atoms with Crippen molar-refractivity contribution in [1.82, 2.24) is 4.98 Å². The largest absolute Gasteiger partial charge is 0.381 e. The summed E-state index contributed by atoms with van der Waals surface area (Å²) in [5.41, 5.74) is 7.30.